The van der Waals surface area contributed by atoms with E-state index in [0.717, 1.165) is 42.9 Å². The fourth-order valence-corrected chi connectivity index (χ4v) is 3.14. The minimum Gasteiger partial charge on any atom is -0.378 e. The number of aryl methyl sites for hydroxylation is 1. The van der Waals surface area contributed by atoms with Crippen LogP contribution in [-0.2, 0) is 4.74 Å². The lowest BCUT2D eigenvalue weighted by Gasteiger charge is -2.27. The molecule has 0 atom stereocenters. The van der Waals surface area contributed by atoms with Crippen LogP contribution in [0, 0.1) is 6.92 Å². The molecule has 2 fully saturated rings. The highest BCUT2D eigenvalue weighted by molar-refractivity contribution is 5.92. The molecule has 25 heavy (non-hydrogen) atoms. The number of likely N-dealkylation sites (tertiary alicyclic amines) is 1. The number of hydrogen-bond donors (Lipinski definition) is 2. The SMILES string of the molecule is Cc1cc(NC(=O)N2CCOCC2)ccc1NC(=O)N1CCCCC1. The summed E-state index contributed by atoms with van der Waals surface area (Å²) in [5.74, 6) is 0. The number of anilines is 2. The molecular formula is C18H26N4O3. The van der Waals surface area contributed by atoms with E-state index >= 15 is 0 Å². The van der Waals surface area contributed by atoms with Gasteiger partial charge in [-0.15, -0.1) is 0 Å². The van der Waals surface area contributed by atoms with Crippen LogP contribution >= 0.6 is 0 Å². The first-order chi connectivity index (χ1) is 12.1. The van der Waals surface area contributed by atoms with Crippen molar-refractivity contribution in [1.29, 1.82) is 0 Å². The van der Waals surface area contributed by atoms with Gasteiger partial charge in [-0.1, -0.05) is 0 Å². The lowest BCUT2D eigenvalue weighted by molar-refractivity contribution is 0.0564. The Bertz CT molecular complexity index is 623. The number of carbonyl (C=O) groups is 2. The zero-order chi connectivity index (χ0) is 17.6. The van der Waals surface area contributed by atoms with Gasteiger partial charge < -0.3 is 25.2 Å². The van der Waals surface area contributed by atoms with E-state index < -0.39 is 0 Å². The van der Waals surface area contributed by atoms with Crippen LogP contribution in [0.5, 0.6) is 0 Å². The standard InChI is InChI=1S/C18H26N4O3/c1-14-13-15(19-17(23)22-9-11-25-12-10-22)5-6-16(14)20-18(24)21-7-3-2-4-8-21/h5-6,13H,2-4,7-12H2,1H3,(H,19,23)(H,20,24). The molecule has 0 spiro atoms. The monoisotopic (exact) mass is 346 g/mol. The number of amides is 4. The Labute approximate surface area is 148 Å². The van der Waals surface area contributed by atoms with Gasteiger partial charge >= 0.3 is 12.1 Å². The van der Waals surface area contributed by atoms with E-state index in [9.17, 15) is 9.59 Å². The lowest BCUT2D eigenvalue weighted by atomic mass is 10.1. The first-order valence-corrected chi connectivity index (χ1v) is 8.94. The van der Waals surface area contributed by atoms with Gasteiger partial charge in [-0.3, -0.25) is 0 Å². The van der Waals surface area contributed by atoms with Crippen LogP contribution in [-0.4, -0.2) is 61.3 Å². The number of morpholine rings is 1. The maximum absolute atomic E-state index is 12.3. The first-order valence-electron chi connectivity index (χ1n) is 8.94. The van der Waals surface area contributed by atoms with E-state index in [1.165, 1.54) is 6.42 Å². The van der Waals surface area contributed by atoms with Crippen LogP contribution in [0.2, 0.25) is 0 Å². The van der Waals surface area contributed by atoms with Crippen LogP contribution in [0.15, 0.2) is 18.2 Å². The Morgan fingerprint density at radius 1 is 0.920 bits per heavy atom. The molecule has 0 bridgehead atoms. The zero-order valence-corrected chi connectivity index (χ0v) is 14.7. The summed E-state index contributed by atoms with van der Waals surface area (Å²) in [6.45, 7) is 5.93. The van der Waals surface area contributed by atoms with Crippen molar-refractivity contribution in [3.05, 3.63) is 23.8 Å². The highest BCUT2D eigenvalue weighted by atomic mass is 16.5. The van der Waals surface area contributed by atoms with Crippen LogP contribution in [0.4, 0.5) is 21.0 Å². The van der Waals surface area contributed by atoms with Crippen LogP contribution in [0.25, 0.3) is 0 Å². The second-order valence-corrected chi connectivity index (χ2v) is 6.54. The number of nitrogens with one attached hydrogen (secondary N) is 2. The second-order valence-electron chi connectivity index (χ2n) is 6.54. The van der Waals surface area contributed by atoms with Crippen molar-refractivity contribution in [2.45, 2.75) is 26.2 Å². The fraction of sp³-hybridized carbons (Fsp3) is 0.556. The van der Waals surface area contributed by atoms with Gasteiger partial charge in [0.1, 0.15) is 0 Å². The predicted octanol–water partition coefficient (Wildman–Crippen LogP) is 2.88. The molecule has 7 nitrogen and oxygen atoms in total. The van der Waals surface area contributed by atoms with Gasteiger partial charge in [0.05, 0.1) is 13.2 Å². The Hall–Kier alpha value is -2.28. The summed E-state index contributed by atoms with van der Waals surface area (Å²) in [7, 11) is 0. The molecule has 4 amide bonds. The molecule has 0 aliphatic carbocycles. The number of rotatable bonds is 2. The van der Waals surface area contributed by atoms with Gasteiger partial charge in [0.15, 0.2) is 0 Å². The number of nitrogens with zero attached hydrogens (tertiary/aromatic N) is 2. The summed E-state index contributed by atoms with van der Waals surface area (Å²) < 4.78 is 5.26. The molecule has 1 aromatic rings. The maximum Gasteiger partial charge on any atom is 0.321 e. The first kappa shape index (κ1) is 17.5. The molecule has 0 saturated carbocycles. The molecule has 2 aliphatic heterocycles. The molecule has 3 rings (SSSR count). The van der Waals surface area contributed by atoms with Crippen molar-refractivity contribution in [1.82, 2.24) is 9.80 Å². The molecule has 1 aromatic carbocycles. The summed E-state index contributed by atoms with van der Waals surface area (Å²) in [5, 5.41) is 5.88. The summed E-state index contributed by atoms with van der Waals surface area (Å²) in [5.41, 5.74) is 2.43. The molecular weight excluding hydrogens is 320 g/mol. The second kappa shape index (κ2) is 8.20. The quantitative estimate of drug-likeness (QED) is 0.865. The molecule has 0 unspecified atom stereocenters. The van der Waals surface area contributed by atoms with Gasteiger partial charge in [0.25, 0.3) is 0 Å². The third-order valence-electron chi connectivity index (χ3n) is 4.66. The van der Waals surface area contributed by atoms with E-state index in [0.29, 0.717) is 26.3 Å². The Kier molecular flexibility index (Phi) is 5.75. The third-order valence-corrected chi connectivity index (χ3v) is 4.66. The van der Waals surface area contributed by atoms with Gasteiger partial charge in [0, 0.05) is 37.6 Å². The molecule has 2 saturated heterocycles. The minimum atomic E-state index is -0.118. The Balaban J connectivity index is 1.58. The largest absolute Gasteiger partial charge is 0.378 e. The van der Waals surface area contributed by atoms with Crippen LogP contribution in [0.3, 0.4) is 0 Å². The van der Waals surface area contributed by atoms with Crippen LogP contribution in [0.1, 0.15) is 24.8 Å². The summed E-state index contributed by atoms with van der Waals surface area (Å²) >= 11 is 0. The average molecular weight is 346 g/mol. The smallest absolute Gasteiger partial charge is 0.321 e. The summed E-state index contributed by atoms with van der Waals surface area (Å²) in [6, 6.07) is 5.37. The van der Waals surface area contributed by atoms with E-state index in [2.05, 4.69) is 10.6 Å². The number of ether oxygens (including phenoxy) is 1. The maximum atomic E-state index is 12.3. The number of urea groups is 2. The van der Waals surface area contributed by atoms with E-state index in [1.807, 2.05) is 30.0 Å². The van der Waals surface area contributed by atoms with Gasteiger partial charge in [-0.05, 0) is 49.9 Å². The molecule has 2 aliphatic rings. The summed E-state index contributed by atoms with van der Waals surface area (Å²) in [6.07, 6.45) is 3.33. The van der Waals surface area contributed by atoms with E-state index in [4.69, 9.17) is 4.74 Å². The van der Waals surface area contributed by atoms with Crippen molar-refractivity contribution in [3.8, 4) is 0 Å². The molecule has 7 heteroatoms. The lowest BCUT2D eigenvalue weighted by Crippen LogP contribution is -2.43. The van der Waals surface area contributed by atoms with Gasteiger partial charge in [-0.25, -0.2) is 9.59 Å². The van der Waals surface area contributed by atoms with E-state index in [1.54, 1.807) is 4.90 Å². The number of carbonyl (C=O) groups excluding carboxylic acids is 2. The topological polar surface area (TPSA) is 73.9 Å². The summed E-state index contributed by atoms with van der Waals surface area (Å²) in [4.78, 5) is 28.1. The highest BCUT2D eigenvalue weighted by Gasteiger charge is 2.18. The fourth-order valence-electron chi connectivity index (χ4n) is 3.14. The molecule has 2 N–H and O–H groups in total. The van der Waals surface area contributed by atoms with Crippen molar-refractivity contribution in [3.63, 3.8) is 0 Å². The highest BCUT2D eigenvalue weighted by Crippen LogP contribution is 2.21. The van der Waals surface area contributed by atoms with Crippen molar-refractivity contribution >= 4 is 23.4 Å². The zero-order valence-electron chi connectivity index (χ0n) is 14.7. The van der Waals surface area contributed by atoms with Gasteiger partial charge in [0.2, 0.25) is 0 Å². The van der Waals surface area contributed by atoms with Crippen molar-refractivity contribution < 1.29 is 14.3 Å². The van der Waals surface area contributed by atoms with Crippen molar-refractivity contribution in [2.24, 2.45) is 0 Å². The van der Waals surface area contributed by atoms with Gasteiger partial charge in [-0.2, -0.15) is 0 Å². The predicted molar refractivity (Wildman–Crippen MR) is 97.0 cm³/mol. The molecule has 0 radical (unpaired) electrons. The average Bonchev–Trinajstić information content (AvgIpc) is 2.65. The molecule has 136 valence electrons. The number of hydrogen-bond acceptors (Lipinski definition) is 3. The Morgan fingerprint density at radius 3 is 2.24 bits per heavy atom. The molecule has 2 heterocycles. The number of piperidine rings is 1. The minimum absolute atomic E-state index is 0.0482. The van der Waals surface area contributed by atoms with Crippen LogP contribution < -0.4 is 10.6 Å². The van der Waals surface area contributed by atoms with E-state index in [-0.39, 0.29) is 12.1 Å². The normalized spacial score (nSPS) is 18.0. The van der Waals surface area contributed by atoms with Crippen molar-refractivity contribution in [2.75, 3.05) is 50.0 Å². The molecule has 0 aromatic heterocycles. The number of benzene rings is 1. The Morgan fingerprint density at radius 2 is 1.56 bits per heavy atom. The third kappa shape index (κ3) is 4.63.